The van der Waals surface area contributed by atoms with Gasteiger partial charge in [0.2, 0.25) is 0 Å². The minimum Gasteiger partial charge on any atom is -0.507 e. The van der Waals surface area contributed by atoms with Gasteiger partial charge in [0.1, 0.15) is 29.2 Å². The van der Waals surface area contributed by atoms with Crippen LogP contribution in [-0.2, 0) is 20.7 Å². The molecule has 0 saturated carbocycles. The minimum atomic E-state index is -0.623. The van der Waals surface area contributed by atoms with Crippen molar-refractivity contribution in [2.45, 2.75) is 40.5 Å². The summed E-state index contributed by atoms with van der Waals surface area (Å²) in [5, 5.41) is 20.7. The fraction of sp³-hybridized carbons (Fsp3) is 0.389. The molecular weight excluding hydrogens is 328 g/mol. The summed E-state index contributed by atoms with van der Waals surface area (Å²) in [6.07, 6.45) is -0.573. The number of ether oxygens (including phenoxy) is 1. The number of furan rings is 1. The highest BCUT2D eigenvalue weighted by Gasteiger charge is 2.26. The second-order valence-corrected chi connectivity index (χ2v) is 5.81. The standard InChI is InChI=1S/C18H20O7/c1-5-24-13(21)7-11(20)6-12-8(2)14-16(22)9(3)17(23)15(10(4)19)18(14)25-12/h22-23H,5-7H2,1-4H3. The number of phenolic OH excluding ortho intramolecular Hbond substituents is 2. The van der Waals surface area contributed by atoms with E-state index in [-0.39, 0.29) is 58.8 Å². The number of Topliss-reactive ketones (excluding diaryl/α,β-unsaturated/α-hetero) is 2. The number of hydrogen-bond acceptors (Lipinski definition) is 7. The first-order chi connectivity index (χ1) is 11.7. The third-order valence-electron chi connectivity index (χ3n) is 4.01. The van der Waals surface area contributed by atoms with Gasteiger partial charge in [-0.1, -0.05) is 0 Å². The van der Waals surface area contributed by atoms with E-state index in [0.29, 0.717) is 5.56 Å². The number of carbonyl (C=O) groups excluding carboxylic acids is 3. The van der Waals surface area contributed by atoms with Gasteiger partial charge < -0.3 is 19.4 Å². The lowest BCUT2D eigenvalue weighted by Gasteiger charge is -2.08. The molecule has 134 valence electrons. The Labute approximate surface area is 144 Å². The molecule has 2 N–H and O–H groups in total. The van der Waals surface area contributed by atoms with E-state index >= 15 is 0 Å². The van der Waals surface area contributed by atoms with Crippen molar-refractivity contribution in [2.75, 3.05) is 6.61 Å². The summed E-state index contributed by atoms with van der Waals surface area (Å²) in [6, 6.07) is 0. The van der Waals surface area contributed by atoms with E-state index < -0.39 is 17.5 Å². The normalized spacial score (nSPS) is 10.9. The lowest BCUT2D eigenvalue weighted by Crippen LogP contribution is -2.13. The Bertz CT molecular complexity index is 874. The molecule has 0 aliphatic rings. The number of aromatic hydroxyl groups is 2. The number of rotatable bonds is 6. The van der Waals surface area contributed by atoms with Gasteiger partial charge in [0.15, 0.2) is 17.1 Å². The van der Waals surface area contributed by atoms with Crippen molar-refractivity contribution in [2.24, 2.45) is 0 Å². The van der Waals surface area contributed by atoms with E-state index in [1.54, 1.807) is 13.8 Å². The van der Waals surface area contributed by atoms with Gasteiger partial charge in [-0.25, -0.2) is 0 Å². The predicted octanol–water partition coefficient (Wildman–Crippen LogP) is 2.73. The first kappa shape index (κ1) is 18.5. The van der Waals surface area contributed by atoms with Crippen molar-refractivity contribution in [1.82, 2.24) is 0 Å². The number of carbonyl (C=O) groups is 3. The molecule has 7 nitrogen and oxygen atoms in total. The molecule has 25 heavy (non-hydrogen) atoms. The molecule has 0 spiro atoms. The lowest BCUT2D eigenvalue weighted by molar-refractivity contribution is -0.145. The number of benzene rings is 1. The molecule has 1 aromatic carbocycles. The number of ketones is 2. The van der Waals surface area contributed by atoms with E-state index in [9.17, 15) is 24.6 Å². The topological polar surface area (TPSA) is 114 Å². The monoisotopic (exact) mass is 348 g/mol. The van der Waals surface area contributed by atoms with Crippen LogP contribution >= 0.6 is 0 Å². The second-order valence-electron chi connectivity index (χ2n) is 5.81. The van der Waals surface area contributed by atoms with Crippen molar-refractivity contribution in [1.29, 1.82) is 0 Å². The van der Waals surface area contributed by atoms with Gasteiger partial charge in [-0.3, -0.25) is 14.4 Å². The Morgan fingerprint density at radius 3 is 2.28 bits per heavy atom. The molecule has 0 amide bonds. The zero-order valence-electron chi connectivity index (χ0n) is 14.6. The van der Waals surface area contributed by atoms with E-state index in [1.165, 1.54) is 13.8 Å². The number of fused-ring (bicyclic) bond motifs is 1. The molecule has 1 aromatic heterocycles. The lowest BCUT2D eigenvalue weighted by atomic mass is 9.99. The smallest absolute Gasteiger partial charge is 0.313 e. The molecule has 2 aromatic rings. The summed E-state index contributed by atoms with van der Waals surface area (Å²) in [4.78, 5) is 35.3. The van der Waals surface area contributed by atoms with Crippen molar-refractivity contribution < 1.29 is 33.8 Å². The molecule has 0 saturated heterocycles. The molecule has 0 unspecified atom stereocenters. The second kappa shape index (κ2) is 6.96. The summed E-state index contributed by atoms with van der Waals surface area (Å²) in [7, 11) is 0. The highest BCUT2D eigenvalue weighted by molar-refractivity contribution is 6.11. The van der Waals surface area contributed by atoms with E-state index in [2.05, 4.69) is 0 Å². The first-order valence-corrected chi connectivity index (χ1v) is 7.83. The van der Waals surface area contributed by atoms with E-state index in [4.69, 9.17) is 9.15 Å². The van der Waals surface area contributed by atoms with Crippen LogP contribution in [-0.4, -0.2) is 34.4 Å². The van der Waals surface area contributed by atoms with Gasteiger partial charge in [-0.05, 0) is 27.7 Å². The SMILES string of the molecule is CCOC(=O)CC(=O)Cc1oc2c(C(C)=O)c(O)c(C)c(O)c2c1C. The molecule has 0 bridgehead atoms. The van der Waals surface area contributed by atoms with Gasteiger partial charge in [-0.15, -0.1) is 0 Å². The Morgan fingerprint density at radius 2 is 1.72 bits per heavy atom. The Balaban J connectivity index is 2.50. The van der Waals surface area contributed by atoms with E-state index in [0.717, 1.165) is 0 Å². The van der Waals surface area contributed by atoms with Crippen molar-refractivity contribution in [3.63, 3.8) is 0 Å². The van der Waals surface area contributed by atoms with Crippen LogP contribution in [0.3, 0.4) is 0 Å². The van der Waals surface area contributed by atoms with Crippen LogP contribution in [0, 0.1) is 13.8 Å². The first-order valence-electron chi connectivity index (χ1n) is 7.83. The van der Waals surface area contributed by atoms with Gasteiger partial charge in [0, 0.05) is 11.1 Å². The summed E-state index contributed by atoms with van der Waals surface area (Å²) < 4.78 is 10.3. The minimum absolute atomic E-state index is 0.0320. The molecule has 7 heteroatoms. The van der Waals surface area contributed by atoms with Crippen LogP contribution in [0.4, 0.5) is 0 Å². The molecule has 0 aliphatic carbocycles. The highest BCUT2D eigenvalue weighted by atomic mass is 16.5. The molecule has 0 radical (unpaired) electrons. The van der Waals surface area contributed by atoms with Crippen LogP contribution in [0.25, 0.3) is 11.0 Å². The number of hydrogen-bond donors (Lipinski definition) is 2. The van der Waals surface area contributed by atoms with Gasteiger partial charge in [0.25, 0.3) is 0 Å². The van der Waals surface area contributed by atoms with Crippen molar-refractivity contribution in [3.8, 4) is 11.5 Å². The highest BCUT2D eigenvalue weighted by Crippen LogP contribution is 2.43. The largest absolute Gasteiger partial charge is 0.507 e. The Morgan fingerprint density at radius 1 is 1.08 bits per heavy atom. The summed E-state index contributed by atoms with van der Waals surface area (Å²) in [6.45, 7) is 6.22. The summed E-state index contributed by atoms with van der Waals surface area (Å²) in [5.74, 6) is -1.79. The molecule has 0 fully saturated rings. The van der Waals surface area contributed by atoms with Crippen molar-refractivity contribution >= 4 is 28.5 Å². The molecule has 0 aliphatic heterocycles. The number of aryl methyl sites for hydroxylation is 1. The van der Waals surface area contributed by atoms with Gasteiger partial charge >= 0.3 is 5.97 Å². The van der Waals surface area contributed by atoms with Gasteiger partial charge in [0.05, 0.1) is 18.4 Å². The zero-order valence-corrected chi connectivity index (χ0v) is 14.6. The Hall–Kier alpha value is -2.83. The average Bonchev–Trinajstić information content (AvgIpc) is 2.81. The van der Waals surface area contributed by atoms with Crippen molar-refractivity contribution in [3.05, 3.63) is 22.5 Å². The van der Waals surface area contributed by atoms with Crippen LogP contribution in [0.2, 0.25) is 0 Å². The number of phenols is 2. The van der Waals surface area contributed by atoms with Crippen LogP contribution in [0.1, 0.15) is 47.5 Å². The molecule has 1 heterocycles. The maximum Gasteiger partial charge on any atom is 0.313 e. The predicted molar refractivity (Wildman–Crippen MR) is 89.0 cm³/mol. The fourth-order valence-corrected chi connectivity index (χ4v) is 2.73. The maximum atomic E-state index is 12.0. The maximum absolute atomic E-state index is 12.0. The zero-order chi connectivity index (χ0) is 18.9. The van der Waals surface area contributed by atoms with Crippen LogP contribution < -0.4 is 0 Å². The Kier molecular flexibility index (Phi) is 5.15. The quantitative estimate of drug-likeness (QED) is 0.468. The molecule has 0 atom stereocenters. The summed E-state index contributed by atoms with van der Waals surface area (Å²) in [5.41, 5.74) is 0.628. The third kappa shape index (κ3) is 3.35. The third-order valence-corrected chi connectivity index (χ3v) is 4.01. The van der Waals surface area contributed by atoms with E-state index in [1.807, 2.05) is 0 Å². The average molecular weight is 348 g/mol. The summed E-state index contributed by atoms with van der Waals surface area (Å²) >= 11 is 0. The van der Waals surface area contributed by atoms with Gasteiger partial charge in [-0.2, -0.15) is 0 Å². The fourth-order valence-electron chi connectivity index (χ4n) is 2.73. The molecular formula is C18H20O7. The van der Waals surface area contributed by atoms with Crippen LogP contribution in [0.5, 0.6) is 11.5 Å². The molecule has 2 rings (SSSR count). The van der Waals surface area contributed by atoms with Crippen LogP contribution in [0.15, 0.2) is 4.42 Å². The number of esters is 1.